The van der Waals surface area contributed by atoms with Crippen LogP contribution in [0.1, 0.15) is 55.6 Å². The lowest BCUT2D eigenvalue weighted by atomic mass is 9.61. The molecule has 2 aromatic rings. The van der Waals surface area contributed by atoms with Crippen LogP contribution in [0.3, 0.4) is 0 Å². The highest BCUT2D eigenvalue weighted by Gasteiger charge is 2.52. The zero-order valence-electron chi connectivity index (χ0n) is 22.5. The summed E-state index contributed by atoms with van der Waals surface area (Å²) >= 11 is 0. The van der Waals surface area contributed by atoms with Gasteiger partial charge in [0.25, 0.3) is 0 Å². The van der Waals surface area contributed by atoms with Crippen molar-refractivity contribution >= 4 is 23.7 Å². The topological polar surface area (TPSA) is 88.2 Å². The van der Waals surface area contributed by atoms with Gasteiger partial charge < -0.3 is 24.6 Å². The number of rotatable bonds is 6. The number of urea groups is 1. The van der Waals surface area contributed by atoms with E-state index in [1.807, 2.05) is 33.0 Å². The molecule has 2 aromatic carbocycles. The van der Waals surface area contributed by atoms with Gasteiger partial charge in [-0.3, -0.25) is 4.79 Å². The number of hydrogen-bond donors (Lipinski definition) is 1. The lowest BCUT2D eigenvalue weighted by Crippen LogP contribution is -2.67. The van der Waals surface area contributed by atoms with Crippen LogP contribution in [0.4, 0.5) is 10.5 Å². The number of fused-ring (bicyclic) bond motifs is 4. The highest BCUT2D eigenvalue weighted by molar-refractivity contribution is 5.92. The van der Waals surface area contributed by atoms with Crippen molar-refractivity contribution in [3.8, 4) is 5.75 Å². The molecule has 1 aliphatic carbocycles. The molecule has 0 radical (unpaired) electrons. The highest BCUT2D eigenvalue weighted by atomic mass is 16.5. The SMILES string of the molecule is CCOC(=O)c1ccc(NC(=O)N(C)[C@@H]2C3Cc4ccc(OC(=O)C(C)C)cc4[C@@]2(C)CCN3C)cc1. The second-order valence-corrected chi connectivity index (χ2v) is 10.6. The van der Waals surface area contributed by atoms with Crippen molar-refractivity contribution in [1.82, 2.24) is 9.80 Å². The van der Waals surface area contributed by atoms with Crippen molar-refractivity contribution < 1.29 is 23.9 Å². The molecule has 0 spiro atoms. The van der Waals surface area contributed by atoms with Crippen LogP contribution in [0, 0.1) is 5.92 Å². The quantitative estimate of drug-likeness (QED) is 0.458. The minimum absolute atomic E-state index is 0.0893. The molecule has 8 heteroatoms. The second kappa shape index (κ2) is 10.5. The lowest BCUT2D eigenvalue weighted by Gasteiger charge is -2.57. The number of likely N-dealkylation sites (N-methyl/N-ethyl adjacent to an activating group) is 2. The van der Waals surface area contributed by atoms with Gasteiger partial charge in [-0.15, -0.1) is 0 Å². The minimum atomic E-state index is -0.388. The van der Waals surface area contributed by atoms with Gasteiger partial charge in [-0.25, -0.2) is 9.59 Å². The van der Waals surface area contributed by atoms with Crippen LogP contribution < -0.4 is 10.1 Å². The standard InChI is InChI=1S/C29H37N3O5/c1-7-36-27(34)19-8-11-21(12-9-19)30-28(35)32(6)25-24-16-20-10-13-22(37-26(33)18(2)3)17-23(20)29(25,4)14-15-31(24)5/h8-13,17-18,24-25H,7,14-16H2,1-6H3,(H,30,35)/t24?,25-,29-/m1/s1. The third-order valence-electron chi connectivity index (χ3n) is 7.77. The summed E-state index contributed by atoms with van der Waals surface area (Å²) in [5.41, 5.74) is 3.09. The molecule has 2 aliphatic rings. The van der Waals surface area contributed by atoms with Crippen molar-refractivity contribution in [1.29, 1.82) is 0 Å². The first kappa shape index (κ1) is 26.7. The molecule has 198 valence electrons. The number of anilines is 1. The van der Waals surface area contributed by atoms with Gasteiger partial charge >= 0.3 is 18.0 Å². The van der Waals surface area contributed by atoms with E-state index >= 15 is 0 Å². The maximum absolute atomic E-state index is 13.4. The fourth-order valence-electron chi connectivity index (χ4n) is 5.67. The Labute approximate surface area is 218 Å². The largest absolute Gasteiger partial charge is 0.462 e. The summed E-state index contributed by atoms with van der Waals surface area (Å²) in [7, 11) is 3.95. The number of piperidine rings is 1. The summed E-state index contributed by atoms with van der Waals surface area (Å²) in [6.45, 7) is 8.83. The zero-order valence-corrected chi connectivity index (χ0v) is 22.5. The molecule has 1 heterocycles. The molecule has 0 aromatic heterocycles. The number of hydrogen-bond acceptors (Lipinski definition) is 6. The predicted octanol–water partition coefficient (Wildman–Crippen LogP) is 4.48. The monoisotopic (exact) mass is 507 g/mol. The molecule has 8 nitrogen and oxygen atoms in total. The second-order valence-electron chi connectivity index (χ2n) is 10.6. The average molecular weight is 508 g/mol. The summed E-state index contributed by atoms with van der Waals surface area (Å²) in [4.78, 5) is 41.7. The van der Waals surface area contributed by atoms with Crippen molar-refractivity contribution in [3.63, 3.8) is 0 Å². The molecule has 0 saturated carbocycles. The first-order valence-electron chi connectivity index (χ1n) is 12.9. The Balaban J connectivity index is 1.58. The Morgan fingerprint density at radius 3 is 2.51 bits per heavy atom. The fourth-order valence-corrected chi connectivity index (χ4v) is 5.67. The van der Waals surface area contributed by atoms with Gasteiger partial charge in [0.05, 0.1) is 24.1 Å². The summed E-state index contributed by atoms with van der Waals surface area (Å²) in [5, 5.41) is 2.98. The minimum Gasteiger partial charge on any atom is -0.462 e. The number of carbonyl (C=O) groups excluding carboxylic acids is 3. The molecule has 2 bridgehead atoms. The van der Waals surface area contributed by atoms with Crippen LogP contribution in [0.25, 0.3) is 0 Å². The van der Waals surface area contributed by atoms with Crippen LogP contribution in [0.5, 0.6) is 5.75 Å². The van der Waals surface area contributed by atoms with Crippen LogP contribution in [-0.2, 0) is 21.4 Å². The van der Waals surface area contributed by atoms with Crippen LogP contribution in [0.2, 0.25) is 0 Å². The molecular formula is C29H37N3O5. The van der Waals surface area contributed by atoms with Gasteiger partial charge in [-0.2, -0.15) is 0 Å². The molecule has 4 rings (SSSR count). The maximum Gasteiger partial charge on any atom is 0.338 e. The predicted molar refractivity (Wildman–Crippen MR) is 142 cm³/mol. The molecule has 37 heavy (non-hydrogen) atoms. The van der Waals surface area contributed by atoms with E-state index in [1.54, 1.807) is 36.1 Å². The number of benzene rings is 2. The number of esters is 2. The molecule has 1 saturated heterocycles. The van der Waals surface area contributed by atoms with Gasteiger partial charge in [-0.05, 0) is 80.9 Å². The van der Waals surface area contributed by atoms with Crippen molar-refractivity contribution in [3.05, 3.63) is 59.2 Å². The van der Waals surface area contributed by atoms with E-state index in [-0.39, 0.29) is 41.4 Å². The number of ether oxygens (including phenoxy) is 2. The van der Waals surface area contributed by atoms with E-state index in [0.717, 1.165) is 24.9 Å². The zero-order chi connectivity index (χ0) is 26.9. The maximum atomic E-state index is 13.4. The number of nitrogens with zero attached hydrogens (tertiary/aromatic N) is 2. The number of likely N-dealkylation sites (tertiary alicyclic amines) is 1. The molecule has 1 aliphatic heterocycles. The van der Waals surface area contributed by atoms with E-state index in [4.69, 9.17) is 9.47 Å². The van der Waals surface area contributed by atoms with Crippen molar-refractivity contribution in [2.75, 3.05) is 32.6 Å². The van der Waals surface area contributed by atoms with Gasteiger partial charge in [0.1, 0.15) is 5.75 Å². The van der Waals surface area contributed by atoms with Crippen molar-refractivity contribution in [2.45, 2.75) is 58.0 Å². The third-order valence-corrected chi connectivity index (χ3v) is 7.77. The van der Waals surface area contributed by atoms with Gasteiger partial charge in [0.15, 0.2) is 0 Å². The van der Waals surface area contributed by atoms with E-state index in [0.29, 0.717) is 23.6 Å². The number of nitrogens with one attached hydrogen (secondary N) is 1. The lowest BCUT2D eigenvalue weighted by molar-refractivity contribution is -0.137. The van der Waals surface area contributed by atoms with E-state index in [2.05, 4.69) is 30.3 Å². The van der Waals surface area contributed by atoms with Gasteiger partial charge in [-0.1, -0.05) is 26.8 Å². The summed E-state index contributed by atoms with van der Waals surface area (Å²) in [6, 6.07) is 12.5. The molecular weight excluding hydrogens is 470 g/mol. The normalized spacial score (nSPS) is 22.7. The molecule has 1 N–H and O–H groups in total. The molecule has 3 atom stereocenters. The van der Waals surface area contributed by atoms with Crippen LogP contribution >= 0.6 is 0 Å². The Bertz CT molecular complexity index is 1180. The Hall–Kier alpha value is -3.39. The Morgan fingerprint density at radius 2 is 1.86 bits per heavy atom. The Kier molecular flexibility index (Phi) is 7.59. The first-order chi connectivity index (χ1) is 17.5. The molecule has 2 amide bonds. The fraction of sp³-hybridized carbons (Fsp3) is 0.483. The summed E-state index contributed by atoms with van der Waals surface area (Å²) in [5.74, 6) is -0.318. The van der Waals surface area contributed by atoms with Gasteiger partial charge in [0, 0.05) is 24.2 Å². The molecule has 1 fully saturated rings. The van der Waals surface area contributed by atoms with Crippen LogP contribution in [0.15, 0.2) is 42.5 Å². The van der Waals surface area contributed by atoms with Crippen LogP contribution in [-0.4, -0.2) is 67.1 Å². The van der Waals surface area contributed by atoms with Crippen molar-refractivity contribution in [2.24, 2.45) is 5.92 Å². The number of carbonyl (C=O) groups is 3. The average Bonchev–Trinajstić information content (AvgIpc) is 2.87. The summed E-state index contributed by atoms with van der Waals surface area (Å²) < 4.78 is 10.7. The number of amides is 2. The Morgan fingerprint density at radius 1 is 1.16 bits per heavy atom. The van der Waals surface area contributed by atoms with E-state index < -0.39 is 0 Å². The van der Waals surface area contributed by atoms with E-state index in [1.165, 1.54) is 5.56 Å². The highest BCUT2D eigenvalue weighted by Crippen LogP contribution is 2.47. The third kappa shape index (κ3) is 5.21. The summed E-state index contributed by atoms with van der Waals surface area (Å²) in [6.07, 6.45) is 1.67. The van der Waals surface area contributed by atoms with Gasteiger partial charge in [0.2, 0.25) is 0 Å². The first-order valence-corrected chi connectivity index (χ1v) is 12.9. The van der Waals surface area contributed by atoms with E-state index in [9.17, 15) is 14.4 Å². The smallest absolute Gasteiger partial charge is 0.338 e. The molecule has 1 unspecified atom stereocenters.